The van der Waals surface area contributed by atoms with Crippen molar-refractivity contribution in [2.24, 2.45) is 0 Å². The Morgan fingerprint density at radius 2 is 2.00 bits per heavy atom. The van der Waals surface area contributed by atoms with Gasteiger partial charge in [0.25, 0.3) is 0 Å². The second kappa shape index (κ2) is 6.80. The minimum absolute atomic E-state index is 0.164. The highest BCUT2D eigenvalue weighted by Gasteiger charge is 2.00. The molecule has 0 amide bonds. The molecule has 1 nitrogen and oxygen atoms in total. The van der Waals surface area contributed by atoms with Gasteiger partial charge in [0.15, 0.2) is 11.6 Å². The van der Waals surface area contributed by atoms with Crippen LogP contribution in [0.4, 0.5) is 8.78 Å². The number of unbranched alkanes of at least 4 members (excludes halogenated alkanes) is 2. The summed E-state index contributed by atoms with van der Waals surface area (Å²) in [5.74, 6) is 2.93. The Bertz CT molecular complexity index is 455. The zero-order chi connectivity index (χ0) is 12.7. The summed E-state index contributed by atoms with van der Waals surface area (Å²) in [5, 5.41) is 0. The van der Waals surface area contributed by atoms with Gasteiger partial charge in [0, 0.05) is 12.0 Å². The van der Waals surface area contributed by atoms with E-state index in [0.29, 0.717) is 12.0 Å². The van der Waals surface area contributed by atoms with Gasteiger partial charge in [0.2, 0.25) is 5.78 Å². The SMILES string of the molecule is CCCCCC(=O)C#Cc1ccc(F)c(F)c1. The van der Waals surface area contributed by atoms with E-state index in [1.165, 1.54) is 6.07 Å². The van der Waals surface area contributed by atoms with Crippen LogP contribution >= 0.6 is 0 Å². The average Bonchev–Trinajstić information content (AvgIpc) is 2.31. The molecule has 0 heterocycles. The highest BCUT2D eigenvalue weighted by atomic mass is 19.2. The van der Waals surface area contributed by atoms with Crippen molar-refractivity contribution in [1.82, 2.24) is 0 Å². The van der Waals surface area contributed by atoms with Crippen LogP contribution in [0.15, 0.2) is 18.2 Å². The lowest BCUT2D eigenvalue weighted by atomic mass is 10.1. The van der Waals surface area contributed by atoms with Gasteiger partial charge in [-0.15, -0.1) is 0 Å². The number of hydrogen-bond donors (Lipinski definition) is 0. The number of benzene rings is 1. The number of rotatable bonds is 4. The van der Waals surface area contributed by atoms with Crippen molar-refractivity contribution in [1.29, 1.82) is 0 Å². The third-order valence-corrected chi connectivity index (χ3v) is 2.27. The van der Waals surface area contributed by atoms with Crippen LogP contribution in [0.25, 0.3) is 0 Å². The van der Waals surface area contributed by atoms with E-state index < -0.39 is 11.6 Å². The van der Waals surface area contributed by atoms with Crippen LogP contribution in [0.1, 0.15) is 38.2 Å². The summed E-state index contributed by atoms with van der Waals surface area (Å²) >= 11 is 0. The highest BCUT2D eigenvalue weighted by molar-refractivity contribution is 5.95. The van der Waals surface area contributed by atoms with Crippen molar-refractivity contribution in [3.8, 4) is 11.8 Å². The van der Waals surface area contributed by atoms with Gasteiger partial charge in [0.1, 0.15) is 0 Å². The molecule has 0 fully saturated rings. The summed E-state index contributed by atoms with van der Waals surface area (Å²) in [5.41, 5.74) is 0.313. The van der Waals surface area contributed by atoms with Crippen molar-refractivity contribution in [3.63, 3.8) is 0 Å². The molecule has 0 N–H and O–H groups in total. The topological polar surface area (TPSA) is 17.1 Å². The Morgan fingerprint density at radius 3 is 2.65 bits per heavy atom. The van der Waals surface area contributed by atoms with Crippen LogP contribution in [0.2, 0.25) is 0 Å². The molecule has 0 spiro atoms. The first-order chi connectivity index (χ1) is 8.13. The van der Waals surface area contributed by atoms with E-state index in [1.807, 2.05) is 0 Å². The fourth-order valence-electron chi connectivity index (χ4n) is 1.31. The second-order valence-corrected chi connectivity index (χ2v) is 3.76. The van der Waals surface area contributed by atoms with Crippen molar-refractivity contribution >= 4 is 5.78 Å². The van der Waals surface area contributed by atoms with Crippen LogP contribution < -0.4 is 0 Å². The summed E-state index contributed by atoms with van der Waals surface area (Å²) < 4.78 is 25.4. The van der Waals surface area contributed by atoms with E-state index in [0.717, 1.165) is 31.4 Å². The molecule has 0 aliphatic carbocycles. The molecule has 1 aromatic rings. The fourth-order valence-corrected chi connectivity index (χ4v) is 1.31. The molecule has 3 heteroatoms. The summed E-state index contributed by atoms with van der Waals surface area (Å²) in [6, 6.07) is 3.34. The van der Waals surface area contributed by atoms with Gasteiger partial charge in [-0.25, -0.2) is 8.78 Å². The maximum atomic E-state index is 12.8. The van der Waals surface area contributed by atoms with E-state index in [-0.39, 0.29) is 5.78 Å². The number of carbonyl (C=O) groups is 1. The third-order valence-electron chi connectivity index (χ3n) is 2.27. The monoisotopic (exact) mass is 236 g/mol. The van der Waals surface area contributed by atoms with Gasteiger partial charge in [-0.1, -0.05) is 25.7 Å². The van der Waals surface area contributed by atoms with E-state index >= 15 is 0 Å². The van der Waals surface area contributed by atoms with Crippen LogP contribution in [-0.4, -0.2) is 5.78 Å². The Balaban J connectivity index is 2.58. The molecule has 0 saturated heterocycles. The lowest BCUT2D eigenvalue weighted by Crippen LogP contribution is -1.93. The fraction of sp³-hybridized carbons (Fsp3) is 0.357. The molecular formula is C14H14F2O. The van der Waals surface area contributed by atoms with Gasteiger partial charge >= 0.3 is 0 Å². The van der Waals surface area contributed by atoms with Crippen LogP contribution in [0.5, 0.6) is 0 Å². The first-order valence-electron chi connectivity index (χ1n) is 5.63. The molecule has 0 unspecified atom stereocenters. The number of Topliss-reactive ketones (excluding diaryl/α,β-unsaturated/α-hetero) is 1. The Hall–Kier alpha value is -1.69. The Kier molecular flexibility index (Phi) is 5.35. The van der Waals surface area contributed by atoms with Crippen LogP contribution in [-0.2, 0) is 4.79 Å². The summed E-state index contributed by atoms with van der Waals surface area (Å²) in [6.07, 6.45) is 3.29. The zero-order valence-corrected chi connectivity index (χ0v) is 9.72. The van der Waals surface area contributed by atoms with E-state index in [2.05, 4.69) is 18.8 Å². The predicted octanol–water partition coefficient (Wildman–Crippen LogP) is 3.47. The molecule has 1 aromatic carbocycles. The number of ketones is 1. The zero-order valence-electron chi connectivity index (χ0n) is 9.72. The second-order valence-electron chi connectivity index (χ2n) is 3.76. The molecular weight excluding hydrogens is 222 g/mol. The molecule has 0 aromatic heterocycles. The van der Waals surface area contributed by atoms with E-state index in [9.17, 15) is 13.6 Å². The molecule has 90 valence electrons. The first kappa shape index (κ1) is 13.4. The van der Waals surface area contributed by atoms with Crippen molar-refractivity contribution in [2.45, 2.75) is 32.6 Å². The first-order valence-corrected chi connectivity index (χ1v) is 5.63. The minimum atomic E-state index is -0.949. The van der Waals surface area contributed by atoms with Crippen molar-refractivity contribution in [3.05, 3.63) is 35.4 Å². The summed E-state index contributed by atoms with van der Waals surface area (Å²) in [4.78, 5) is 11.3. The maximum Gasteiger partial charge on any atom is 0.205 e. The molecule has 1 rings (SSSR count). The third kappa shape index (κ3) is 4.78. The predicted molar refractivity (Wildman–Crippen MR) is 62.4 cm³/mol. The highest BCUT2D eigenvalue weighted by Crippen LogP contribution is 2.07. The van der Waals surface area contributed by atoms with Gasteiger partial charge < -0.3 is 0 Å². The Labute approximate surface area is 99.8 Å². The minimum Gasteiger partial charge on any atom is -0.285 e. The van der Waals surface area contributed by atoms with E-state index in [4.69, 9.17) is 0 Å². The summed E-state index contributed by atoms with van der Waals surface area (Å²) in [7, 11) is 0. The maximum absolute atomic E-state index is 12.8. The van der Waals surface area contributed by atoms with Crippen molar-refractivity contribution < 1.29 is 13.6 Å². The number of halogens is 2. The molecule has 0 aliphatic rings. The molecule has 0 bridgehead atoms. The average molecular weight is 236 g/mol. The molecule has 0 atom stereocenters. The molecule has 17 heavy (non-hydrogen) atoms. The lowest BCUT2D eigenvalue weighted by Gasteiger charge is -1.93. The molecule has 0 saturated carbocycles. The lowest BCUT2D eigenvalue weighted by molar-refractivity contribution is -0.113. The van der Waals surface area contributed by atoms with Gasteiger partial charge in [-0.2, -0.15) is 0 Å². The molecule has 0 radical (unpaired) electrons. The normalized spacial score (nSPS) is 9.59. The smallest absolute Gasteiger partial charge is 0.205 e. The summed E-state index contributed by atoms with van der Waals surface area (Å²) in [6.45, 7) is 2.05. The number of carbonyl (C=O) groups excluding carboxylic acids is 1. The van der Waals surface area contributed by atoms with Crippen LogP contribution in [0.3, 0.4) is 0 Å². The largest absolute Gasteiger partial charge is 0.285 e. The molecule has 0 aliphatic heterocycles. The van der Waals surface area contributed by atoms with Crippen molar-refractivity contribution in [2.75, 3.05) is 0 Å². The van der Waals surface area contributed by atoms with Crippen LogP contribution in [0, 0.1) is 23.5 Å². The quantitative estimate of drug-likeness (QED) is 0.578. The van der Waals surface area contributed by atoms with Gasteiger partial charge in [-0.3, -0.25) is 4.79 Å². The van der Waals surface area contributed by atoms with Gasteiger partial charge in [-0.05, 0) is 30.5 Å². The van der Waals surface area contributed by atoms with E-state index in [1.54, 1.807) is 0 Å². The van der Waals surface area contributed by atoms with Gasteiger partial charge in [0.05, 0.1) is 0 Å². The number of hydrogen-bond acceptors (Lipinski definition) is 1. The standard InChI is InChI=1S/C14H14F2O/c1-2-3-4-5-12(17)8-6-11-7-9-13(15)14(16)10-11/h7,9-10H,2-5H2,1H3. The Morgan fingerprint density at radius 1 is 1.24 bits per heavy atom.